The molecule has 2 aromatic rings. The summed E-state index contributed by atoms with van der Waals surface area (Å²) in [6.07, 6.45) is 0. The summed E-state index contributed by atoms with van der Waals surface area (Å²) in [6.45, 7) is 2.29. The number of aryl methyl sites for hydroxylation is 1. The fourth-order valence-electron chi connectivity index (χ4n) is 1.95. The molecule has 0 atom stereocenters. The molecule has 0 bridgehead atoms. The van der Waals surface area contributed by atoms with E-state index < -0.39 is 5.97 Å². The number of carbonyl (C=O) groups excluding carboxylic acids is 1. The lowest BCUT2D eigenvalue weighted by molar-refractivity contribution is 0.0601. The number of hydrogen-bond acceptors (Lipinski definition) is 5. The van der Waals surface area contributed by atoms with E-state index in [0.717, 1.165) is 11.3 Å². The van der Waals surface area contributed by atoms with Crippen LogP contribution < -0.4 is 5.32 Å². The molecule has 0 radical (unpaired) electrons. The second-order valence-electron chi connectivity index (χ2n) is 4.69. The van der Waals surface area contributed by atoms with E-state index in [4.69, 9.17) is 4.74 Å². The number of benzene rings is 2. The molecular weight excluding hydrogens is 270 g/mol. The highest BCUT2D eigenvalue weighted by atomic mass is 16.5. The Labute approximate surface area is 122 Å². The minimum atomic E-state index is -0.398. The van der Waals surface area contributed by atoms with Crippen molar-refractivity contribution in [1.82, 2.24) is 0 Å². The van der Waals surface area contributed by atoms with E-state index in [1.165, 1.54) is 19.2 Å². The molecule has 5 heteroatoms. The normalized spacial score (nSPS) is 10.2. The summed E-state index contributed by atoms with van der Waals surface area (Å²) >= 11 is 0. The summed E-state index contributed by atoms with van der Waals surface area (Å²) in [5.41, 5.74) is 2.86. The van der Waals surface area contributed by atoms with E-state index in [0.29, 0.717) is 17.7 Å². The van der Waals surface area contributed by atoms with Crippen LogP contribution in [0, 0.1) is 6.92 Å². The maximum atomic E-state index is 11.5. The van der Waals surface area contributed by atoms with Gasteiger partial charge in [-0.3, -0.25) is 0 Å². The Morgan fingerprint density at radius 3 is 2.62 bits per heavy atom. The number of nitrogens with one attached hydrogen (secondary N) is 1. The SMILES string of the molecule is COC(=O)c1ccc(C)c(NCc2ccc(O)cc2O)c1. The second kappa shape index (κ2) is 6.17. The van der Waals surface area contributed by atoms with Crippen LogP contribution in [0.1, 0.15) is 21.5 Å². The molecule has 0 aliphatic rings. The van der Waals surface area contributed by atoms with Crippen molar-refractivity contribution >= 4 is 11.7 Å². The highest BCUT2D eigenvalue weighted by Gasteiger charge is 2.09. The first-order valence-corrected chi connectivity index (χ1v) is 6.45. The van der Waals surface area contributed by atoms with Crippen molar-refractivity contribution in [2.45, 2.75) is 13.5 Å². The largest absolute Gasteiger partial charge is 0.508 e. The predicted molar refractivity (Wildman–Crippen MR) is 79.6 cm³/mol. The van der Waals surface area contributed by atoms with Gasteiger partial charge in [-0.15, -0.1) is 0 Å². The lowest BCUT2D eigenvalue weighted by atomic mass is 10.1. The number of esters is 1. The Hall–Kier alpha value is -2.69. The predicted octanol–water partition coefficient (Wildman–Crippen LogP) is 2.80. The van der Waals surface area contributed by atoms with Gasteiger partial charge < -0.3 is 20.3 Å². The maximum absolute atomic E-state index is 11.5. The summed E-state index contributed by atoms with van der Waals surface area (Å²) in [6, 6.07) is 9.66. The molecule has 2 rings (SSSR count). The lowest BCUT2D eigenvalue weighted by Gasteiger charge is -2.12. The van der Waals surface area contributed by atoms with Crippen molar-refractivity contribution in [3.8, 4) is 11.5 Å². The number of phenolic OH excluding ortho intramolecular Hbond substituents is 2. The summed E-state index contributed by atoms with van der Waals surface area (Å²) in [4.78, 5) is 11.5. The fourth-order valence-corrected chi connectivity index (χ4v) is 1.95. The van der Waals surface area contributed by atoms with Gasteiger partial charge in [0.15, 0.2) is 0 Å². The number of hydrogen-bond donors (Lipinski definition) is 3. The second-order valence-corrected chi connectivity index (χ2v) is 4.69. The Bertz CT molecular complexity index is 667. The van der Waals surface area contributed by atoms with Crippen LogP contribution in [-0.2, 0) is 11.3 Å². The third kappa shape index (κ3) is 3.45. The summed E-state index contributed by atoms with van der Waals surface area (Å²) < 4.78 is 4.69. The van der Waals surface area contributed by atoms with Crippen LogP contribution in [0.5, 0.6) is 11.5 Å². The summed E-state index contributed by atoms with van der Waals surface area (Å²) in [7, 11) is 1.34. The first-order chi connectivity index (χ1) is 10.0. The molecule has 110 valence electrons. The summed E-state index contributed by atoms with van der Waals surface area (Å²) in [5.74, 6) is -0.366. The standard InChI is InChI=1S/C16H17NO4/c1-10-3-4-11(16(20)21-2)7-14(10)17-9-12-5-6-13(18)8-15(12)19/h3-8,17-19H,9H2,1-2H3. The van der Waals surface area contributed by atoms with Gasteiger partial charge in [0.25, 0.3) is 0 Å². The molecule has 0 saturated heterocycles. The Morgan fingerprint density at radius 2 is 1.95 bits per heavy atom. The molecule has 21 heavy (non-hydrogen) atoms. The number of ether oxygens (including phenoxy) is 1. The molecule has 0 saturated carbocycles. The highest BCUT2D eigenvalue weighted by molar-refractivity contribution is 5.90. The number of rotatable bonds is 4. The number of anilines is 1. The zero-order valence-corrected chi connectivity index (χ0v) is 11.9. The monoisotopic (exact) mass is 287 g/mol. The Balaban J connectivity index is 2.17. The van der Waals surface area contributed by atoms with Gasteiger partial charge in [0, 0.05) is 23.9 Å². The molecular formula is C16H17NO4. The Kier molecular flexibility index (Phi) is 4.33. The molecule has 0 aliphatic heterocycles. The van der Waals surface area contributed by atoms with Crippen LogP contribution in [0.15, 0.2) is 36.4 Å². The topological polar surface area (TPSA) is 78.8 Å². The van der Waals surface area contributed by atoms with Crippen LogP contribution in [0.25, 0.3) is 0 Å². The quantitative estimate of drug-likeness (QED) is 0.754. The van der Waals surface area contributed by atoms with Gasteiger partial charge >= 0.3 is 5.97 Å². The first kappa shape index (κ1) is 14.7. The van der Waals surface area contributed by atoms with Gasteiger partial charge in [-0.05, 0) is 36.8 Å². The summed E-state index contributed by atoms with van der Waals surface area (Å²) in [5, 5.41) is 22.2. The van der Waals surface area contributed by atoms with E-state index in [-0.39, 0.29) is 11.5 Å². The van der Waals surface area contributed by atoms with Crippen molar-refractivity contribution in [2.24, 2.45) is 0 Å². The maximum Gasteiger partial charge on any atom is 0.337 e. The average Bonchev–Trinajstić information content (AvgIpc) is 2.47. The molecule has 0 aromatic heterocycles. The fraction of sp³-hybridized carbons (Fsp3) is 0.188. The minimum absolute atomic E-state index is 0.0140. The molecule has 0 aliphatic carbocycles. The number of phenols is 2. The van der Waals surface area contributed by atoms with Crippen LogP contribution in [0.4, 0.5) is 5.69 Å². The van der Waals surface area contributed by atoms with Gasteiger partial charge in [-0.25, -0.2) is 4.79 Å². The van der Waals surface area contributed by atoms with Crippen molar-refractivity contribution < 1.29 is 19.7 Å². The van der Waals surface area contributed by atoms with Gasteiger partial charge in [0.05, 0.1) is 12.7 Å². The molecule has 0 heterocycles. The number of methoxy groups -OCH3 is 1. The smallest absolute Gasteiger partial charge is 0.337 e. The van der Waals surface area contributed by atoms with Gasteiger partial charge in [0.2, 0.25) is 0 Å². The first-order valence-electron chi connectivity index (χ1n) is 6.45. The number of carbonyl (C=O) groups is 1. The van der Waals surface area contributed by atoms with E-state index in [9.17, 15) is 15.0 Å². The van der Waals surface area contributed by atoms with E-state index in [1.807, 2.05) is 13.0 Å². The van der Waals surface area contributed by atoms with Crippen molar-refractivity contribution in [3.63, 3.8) is 0 Å². The van der Waals surface area contributed by atoms with Crippen LogP contribution in [0.3, 0.4) is 0 Å². The van der Waals surface area contributed by atoms with Crippen molar-refractivity contribution in [2.75, 3.05) is 12.4 Å². The van der Waals surface area contributed by atoms with Crippen molar-refractivity contribution in [3.05, 3.63) is 53.1 Å². The van der Waals surface area contributed by atoms with Crippen LogP contribution in [-0.4, -0.2) is 23.3 Å². The molecule has 5 nitrogen and oxygen atoms in total. The minimum Gasteiger partial charge on any atom is -0.508 e. The molecule has 0 amide bonds. The average molecular weight is 287 g/mol. The molecule has 2 aromatic carbocycles. The zero-order chi connectivity index (χ0) is 15.4. The highest BCUT2D eigenvalue weighted by Crippen LogP contribution is 2.24. The van der Waals surface area contributed by atoms with E-state index in [1.54, 1.807) is 18.2 Å². The van der Waals surface area contributed by atoms with Crippen molar-refractivity contribution in [1.29, 1.82) is 0 Å². The van der Waals surface area contributed by atoms with Crippen LogP contribution in [0.2, 0.25) is 0 Å². The third-order valence-corrected chi connectivity index (χ3v) is 3.20. The van der Waals surface area contributed by atoms with Crippen LogP contribution >= 0.6 is 0 Å². The Morgan fingerprint density at radius 1 is 1.19 bits per heavy atom. The lowest BCUT2D eigenvalue weighted by Crippen LogP contribution is -2.05. The molecule has 0 spiro atoms. The van der Waals surface area contributed by atoms with Gasteiger partial charge in [0.1, 0.15) is 11.5 Å². The third-order valence-electron chi connectivity index (χ3n) is 3.20. The van der Waals surface area contributed by atoms with Gasteiger partial charge in [-0.2, -0.15) is 0 Å². The van der Waals surface area contributed by atoms with E-state index in [2.05, 4.69) is 5.32 Å². The van der Waals surface area contributed by atoms with E-state index >= 15 is 0 Å². The molecule has 0 fully saturated rings. The number of aromatic hydroxyl groups is 2. The van der Waals surface area contributed by atoms with Gasteiger partial charge in [-0.1, -0.05) is 6.07 Å². The molecule has 3 N–H and O–H groups in total. The zero-order valence-electron chi connectivity index (χ0n) is 11.9. The molecule has 0 unspecified atom stereocenters.